The fraction of sp³-hybridized carbons (Fsp3) is 0.0769. The Hall–Kier alpha value is -1.96. The Bertz CT molecular complexity index is 916. The summed E-state index contributed by atoms with van der Waals surface area (Å²) in [7, 11) is 0. The molecule has 0 saturated carbocycles. The van der Waals surface area contributed by atoms with E-state index in [9.17, 15) is 0 Å². The fourth-order valence-electron chi connectivity index (χ4n) is 4.03. The van der Waals surface area contributed by atoms with E-state index >= 15 is 0 Å². The zero-order chi connectivity index (χ0) is 19.3. The van der Waals surface area contributed by atoms with E-state index in [0.29, 0.717) is 0 Å². The molecule has 28 heavy (non-hydrogen) atoms. The third-order valence-corrected chi connectivity index (χ3v) is 17.2. The number of rotatable bonds is 6. The van der Waals surface area contributed by atoms with Crippen LogP contribution in [-0.2, 0) is 6.42 Å². The van der Waals surface area contributed by atoms with Crippen molar-refractivity contribution in [3.63, 3.8) is 0 Å². The molecule has 0 aromatic heterocycles. The first-order valence-corrected chi connectivity index (χ1v) is 14.9. The first-order chi connectivity index (χ1) is 13.7. The normalized spacial score (nSPS) is 12.8. The number of benzene rings is 4. The van der Waals surface area contributed by atoms with Crippen LogP contribution in [0.3, 0.4) is 0 Å². The molecule has 0 atom stereocenters. The van der Waals surface area contributed by atoms with E-state index < -0.39 is 4.25 Å². The minimum atomic E-state index is -2.65. The van der Waals surface area contributed by atoms with Gasteiger partial charge >= 0.3 is 182 Å². The molecule has 0 aliphatic heterocycles. The van der Waals surface area contributed by atoms with Crippen molar-refractivity contribution in [3.05, 3.63) is 127 Å². The van der Waals surface area contributed by atoms with Crippen LogP contribution in [0.2, 0.25) is 0 Å². The van der Waals surface area contributed by atoms with Crippen LogP contribution in [-0.4, -0.2) is 6.16 Å². The van der Waals surface area contributed by atoms with Gasteiger partial charge in [-0.25, -0.2) is 0 Å². The fourth-order valence-corrected chi connectivity index (χ4v) is 12.4. The van der Waals surface area contributed by atoms with E-state index in [4.69, 9.17) is 0 Å². The Balaban J connectivity index is 1.98. The van der Waals surface area contributed by atoms with Gasteiger partial charge in [-0.1, -0.05) is 0 Å². The third-order valence-electron chi connectivity index (χ3n) is 5.55. The molecule has 4 rings (SSSR count). The van der Waals surface area contributed by atoms with Crippen molar-refractivity contribution < 1.29 is 0 Å². The molecule has 4 aromatic carbocycles. The van der Waals surface area contributed by atoms with Crippen molar-refractivity contribution in [3.8, 4) is 0 Å². The van der Waals surface area contributed by atoms with Crippen LogP contribution in [0.4, 0.5) is 0 Å². The number of hydrogen-bond donors (Lipinski definition) is 0. The summed E-state index contributed by atoms with van der Waals surface area (Å²) in [4.78, 5) is 0. The molecular weight excluding hydrogens is 470 g/mol. The molecule has 0 fully saturated rings. The molecule has 0 bridgehead atoms. The zero-order valence-corrected chi connectivity index (χ0v) is 18.8. The number of hydrogen-bond acceptors (Lipinski definition) is 0. The molecule has 0 aliphatic rings. The molecule has 2 heteroatoms. The molecule has 140 valence electrons. The Morgan fingerprint density at radius 2 is 0.786 bits per heavy atom. The first-order valence-electron chi connectivity index (χ1n) is 9.65. The van der Waals surface area contributed by atoms with Gasteiger partial charge in [0.05, 0.1) is 0 Å². The predicted octanol–water partition coefficient (Wildman–Crippen LogP) is 6.11. The van der Waals surface area contributed by atoms with Crippen molar-refractivity contribution >= 4 is 42.2 Å². The monoisotopic (exact) mass is 494 g/mol. The summed E-state index contributed by atoms with van der Waals surface area (Å²) < 4.78 is -2.65. The van der Waals surface area contributed by atoms with E-state index in [0.717, 1.165) is 12.6 Å². The number of halogens is 1. The van der Waals surface area contributed by atoms with Gasteiger partial charge in [-0.2, -0.15) is 0 Å². The maximum atomic E-state index is 2.86. The van der Waals surface area contributed by atoms with Gasteiger partial charge in [0, 0.05) is 0 Å². The van der Waals surface area contributed by atoms with Gasteiger partial charge in [0.25, 0.3) is 0 Å². The molecule has 0 N–H and O–H groups in total. The van der Waals surface area contributed by atoms with Crippen LogP contribution < -0.4 is 15.9 Å². The van der Waals surface area contributed by atoms with Gasteiger partial charge in [0.2, 0.25) is 0 Å². The minimum absolute atomic E-state index is 1.06. The van der Waals surface area contributed by atoms with Crippen LogP contribution in [0.5, 0.6) is 0 Å². The van der Waals surface area contributed by atoms with Gasteiger partial charge < -0.3 is 0 Å². The topological polar surface area (TPSA) is 0 Å². The van der Waals surface area contributed by atoms with Gasteiger partial charge in [0.15, 0.2) is 0 Å². The summed E-state index contributed by atoms with van der Waals surface area (Å²) in [5, 5.41) is 4.34. The zero-order valence-electron chi connectivity index (χ0n) is 15.8. The molecule has 0 spiro atoms. The molecule has 0 nitrogen and oxygen atoms in total. The molecule has 0 radical (unpaired) electrons. The van der Waals surface area contributed by atoms with E-state index in [1.165, 1.54) is 21.5 Å². The molecular formula is C26H24IP. The summed E-state index contributed by atoms with van der Waals surface area (Å²) >= 11 is 2.86. The molecule has 0 saturated heterocycles. The van der Waals surface area contributed by atoms with Gasteiger partial charge in [-0.15, -0.1) is 0 Å². The summed E-state index contributed by atoms with van der Waals surface area (Å²) in [6.45, 7) is 0. The molecule has 0 amide bonds. The maximum absolute atomic E-state index is 2.86. The quantitative estimate of drug-likeness (QED) is 0.224. The van der Waals surface area contributed by atoms with Crippen molar-refractivity contribution in [1.82, 2.24) is 0 Å². The second kappa shape index (κ2) is 8.19. The second-order valence-electron chi connectivity index (χ2n) is 7.15. The predicted molar refractivity (Wildman–Crippen MR) is 134 cm³/mol. The Kier molecular flexibility index (Phi) is 5.66. The molecule has 0 aliphatic carbocycles. The van der Waals surface area contributed by atoms with Crippen LogP contribution in [0, 0.1) is 0 Å². The van der Waals surface area contributed by atoms with Crippen LogP contribution in [0.15, 0.2) is 121 Å². The Labute approximate surface area is 181 Å². The van der Waals surface area contributed by atoms with Gasteiger partial charge in [-0.3, -0.25) is 0 Å². The Morgan fingerprint density at radius 3 is 1.14 bits per heavy atom. The summed E-state index contributed by atoms with van der Waals surface area (Å²) in [6, 6.07) is 44.3. The average molecular weight is 494 g/mol. The van der Waals surface area contributed by atoms with Gasteiger partial charge in [0.1, 0.15) is 0 Å². The summed E-state index contributed by atoms with van der Waals surface area (Å²) in [5.74, 6) is 0. The summed E-state index contributed by atoms with van der Waals surface area (Å²) in [5.41, 5.74) is 1.40. The number of aryl methyl sites for hydroxylation is 1. The van der Waals surface area contributed by atoms with E-state index in [1.54, 1.807) is 0 Å². The van der Waals surface area contributed by atoms with Crippen molar-refractivity contribution in [2.24, 2.45) is 0 Å². The molecule has 0 unspecified atom stereocenters. The average Bonchev–Trinajstić information content (AvgIpc) is 2.80. The van der Waals surface area contributed by atoms with E-state index in [-0.39, 0.29) is 0 Å². The van der Waals surface area contributed by atoms with Gasteiger partial charge in [-0.05, 0) is 0 Å². The molecule has 0 heterocycles. The van der Waals surface area contributed by atoms with Crippen LogP contribution in [0.1, 0.15) is 5.56 Å². The summed E-state index contributed by atoms with van der Waals surface area (Å²) in [6.07, 6.45) is 2.16. The van der Waals surface area contributed by atoms with Crippen molar-refractivity contribution in [2.75, 3.05) is 6.16 Å². The van der Waals surface area contributed by atoms with Crippen LogP contribution >= 0.6 is 26.3 Å². The standard InChI is InChI=1S/C26H24IP/c27-28(24-15-7-2-8-16-24,25-17-9-3-10-18-25,26-19-11-4-12-20-26)22-21-23-13-5-1-6-14-23/h1-20H,21-22H2. The van der Waals surface area contributed by atoms with Crippen molar-refractivity contribution in [2.45, 2.75) is 6.42 Å². The second-order valence-corrected chi connectivity index (χ2v) is 17.9. The van der Waals surface area contributed by atoms with Crippen LogP contribution in [0.25, 0.3) is 0 Å². The molecule has 4 aromatic rings. The first kappa shape index (κ1) is 19.4. The SMILES string of the molecule is IP(CCc1ccccc1)(c1ccccc1)(c1ccccc1)c1ccccc1. The van der Waals surface area contributed by atoms with E-state index in [1.807, 2.05) is 0 Å². The third kappa shape index (κ3) is 3.43. The van der Waals surface area contributed by atoms with Crippen molar-refractivity contribution in [1.29, 1.82) is 0 Å². The van der Waals surface area contributed by atoms with E-state index in [2.05, 4.69) is 143 Å². The Morgan fingerprint density at radius 1 is 0.464 bits per heavy atom.